The largest absolute Gasteiger partial charge is 0.529 e. The molecule has 0 saturated heterocycles. The Balaban J connectivity index is 5.15. The van der Waals surface area contributed by atoms with Gasteiger partial charge in [0, 0.05) is 28.2 Å². The Kier molecular flexibility index (Phi) is 5.67. The minimum Gasteiger partial charge on any atom is -0.406 e. The first-order chi connectivity index (χ1) is 7.27. The van der Waals surface area contributed by atoms with Crippen LogP contribution in [0.15, 0.2) is 11.5 Å². The second kappa shape index (κ2) is 6.00. The van der Waals surface area contributed by atoms with Gasteiger partial charge in [0.05, 0.1) is 0 Å². The molecule has 0 aromatic carbocycles. The third-order valence-electron chi connectivity index (χ3n) is 1.69. The summed E-state index contributed by atoms with van der Waals surface area (Å²) in [6.45, 7) is 2.60. The molecule has 0 aliphatic heterocycles. The SMILES string of the molecule is COP(=O)(OC)O/C(C)=C(\C(C)=O)N(C)O. The first-order valence-electron chi connectivity index (χ1n) is 4.33. The summed E-state index contributed by atoms with van der Waals surface area (Å²) >= 11 is 0. The topological polar surface area (TPSA) is 85.3 Å². The zero-order valence-corrected chi connectivity index (χ0v) is 10.8. The number of likely N-dealkylation sites (N-methyl/N-ethyl adjacent to an activating group) is 1. The molecule has 0 fully saturated rings. The number of rotatable bonds is 6. The van der Waals surface area contributed by atoms with Crippen molar-refractivity contribution >= 4 is 13.6 Å². The van der Waals surface area contributed by atoms with E-state index in [1.165, 1.54) is 20.9 Å². The van der Waals surface area contributed by atoms with Crippen LogP contribution in [0.4, 0.5) is 0 Å². The number of allylic oxidation sites excluding steroid dienone is 2. The number of ketones is 1. The second-order valence-corrected chi connectivity index (χ2v) is 4.70. The molecular formula is C8H16NO6P. The summed E-state index contributed by atoms with van der Waals surface area (Å²) in [5, 5.41) is 9.78. The van der Waals surface area contributed by atoms with Crippen molar-refractivity contribution in [2.24, 2.45) is 0 Å². The van der Waals surface area contributed by atoms with Gasteiger partial charge in [-0.2, -0.15) is 0 Å². The number of nitrogens with zero attached hydrogens (tertiary/aromatic N) is 1. The van der Waals surface area contributed by atoms with Crippen molar-refractivity contribution in [3.63, 3.8) is 0 Å². The number of carbonyl (C=O) groups is 1. The maximum Gasteiger partial charge on any atom is 0.529 e. The summed E-state index contributed by atoms with van der Waals surface area (Å²) in [5.41, 5.74) is -0.130. The fraction of sp³-hybridized carbons (Fsp3) is 0.625. The van der Waals surface area contributed by atoms with Gasteiger partial charge in [-0.1, -0.05) is 0 Å². The molecular weight excluding hydrogens is 237 g/mol. The van der Waals surface area contributed by atoms with Gasteiger partial charge in [0.15, 0.2) is 5.78 Å². The molecule has 94 valence electrons. The van der Waals surface area contributed by atoms with Crippen LogP contribution < -0.4 is 0 Å². The summed E-state index contributed by atoms with van der Waals surface area (Å²) in [6, 6.07) is 0. The normalized spacial score (nSPS) is 13.1. The molecule has 0 bridgehead atoms. The summed E-state index contributed by atoms with van der Waals surface area (Å²) < 4.78 is 25.6. The second-order valence-electron chi connectivity index (χ2n) is 2.89. The monoisotopic (exact) mass is 253 g/mol. The van der Waals surface area contributed by atoms with Crippen LogP contribution in [0, 0.1) is 0 Å². The summed E-state index contributed by atoms with van der Waals surface area (Å²) in [5.74, 6) is -0.495. The Morgan fingerprint density at radius 1 is 1.25 bits per heavy atom. The highest BCUT2D eigenvalue weighted by atomic mass is 31.2. The number of phosphoric acid groups is 1. The van der Waals surface area contributed by atoms with Gasteiger partial charge in [0.25, 0.3) is 0 Å². The zero-order chi connectivity index (χ0) is 12.9. The van der Waals surface area contributed by atoms with Crippen LogP contribution in [0.3, 0.4) is 0 Å². The first kappa shape index (κ1) is 15.1. The van der Waals surface area contributed by atoms with E-state index < -0.39 is 13.6 Å². The first-order valence-corrected chi connectivity index (χ1v) is 5.79. The highest BCUT2D eigenvalue weighted by molar-refractivity contribution is 7.48. The van der Waals surface area contributed by atoms with E-state index in [0.717, 1.165) is 14.2 Å². The Labute approximate surface area is 94.2 Å². The molecule has 0 unspecified atom stereocenters. The van der Waals surface area contributed by atoms with Crippen LogP contribution in [0.1, 0.15) is 13.8 Å². The molecule has 0 radical (unpaired) electrons. The molecule has 0 aliphatic rings. The molecule has 0 rings (SSSR count). The van der Waals surface area contributed by atoms with Crippen LogP contribution >= 0.6 is 7.82 Å². The molecule has 0 spiro atoms. The molecule has 0 aromatic heterocycles. The minimum atomic E-state index is -3.72. The van der Waals surface area contributed by atoms with Gasteiger partial charge >= 0.3 is 7.82 Å². The third-order valence-corrected chi connectivity index (χ3v) is 3.08. The van der Waals surface area contributed by atoms with Crippen molar-refractivity contribution in [3.8, 4) is 0 Å². The number of hydrogen-bond acceptors (Lipinski definition) is 7. The molecule has 16 heavy (non-hydrogen) atoms. The summed E-state index contributed by atoms with van der Waals surface area (Å²) in [4.78, 5) is 11.2. The fourth-order valence-electron chi connectivity index (χ4n) is 1.06. The van der Waals surface area contributed by atoms with E-state index in [0.29, 0.717) is 5.06 Å². The molecule has 0 aliphatic carbocycles. The van der Waals surface area contributed by atoms with Crippen LogP contribution in [-0.2, 0) is 22.9 Å². The highest BCUT2D eigenvalue weighted by Crippen LogP contribution is 2.49. The van der Waals surface area contributed by atoms with E-state index in [1.807, 2.05) is 0 Å². The summed E-state index contributed by atoms with van der Waals surface area (Å²) in [7, 11) is -0.181. The average Bonchev–Trinajstić information content (AvgIpc) is 2.16. The molecule has 0 atom stereocenters. The van der Waals surface area contributed by atoms with Gasteiger partial charge in [0.1, 0.15) is 11.5 Å². The van der Waals surface area contributed by atoms with Crippen molar-refractivity contribution in [2.75, 3.05) is 21.3 Å². The predicted molar refractivity (Wildman–Crippen MR) is 55.6 cm³/mol. The molecule has 7 nitrogen and oxygen atoms in total. The van der Waals surface area contributed by atoms with Crippen molar-refractivity contribution in [3.05, 3.63) is 11.5 Å². The van der Waals surface area contributed by atoms with Gasteiger partial charge in [0.2, 0.25) is 0 Å². The molecule has 0 saturated carbocycles. The maximum absolute atomic E-state index is 11.6. The van der Waals surface area contributed by atoms with Gasteiger partial charge in [-0.15, -0.1) is 0 Å². The van der Waals surface area contributed by atoms with E-state index in [4.69, 9.17) is 4.52 Å². The number of hydrogen-bond donors (Lipinski definition) is 1. The third kappa shape index (κ3) is 3.94. The van der Waals surface area contributed by atoms with E-state index in [9.17, 15) is 14.6 Å². The highest BCUT2D eigenvalue weighted by Gasteiger charge is 2.27. The Hall–Kier alpha value is -0.880. The molecule has 0 amide bonds. The van der Waals surface area contributed by atoms with Gasteiger partial charge in [-0.3, -0.25) is 24.1 Å². The van der Waals surface area contributed by atoms with E-state index in [-0.39, 0.29) is 11.5 Å². The quantitative estimate of drug-likeness (QED) is 0.332. The number of carbonyl (C=O) groups excluding carboxylic acids is 1. The van der Waals surface area contributed by atoms with Crippen molar-refractivity contribution in [1.29, 1.82) is 0 Å². The standard InChI is InChI=1S/C8H16NO6P/c1-6(10)8(9(3)11)7(2)15-16(12,13-4)14-5/h11H,1-5H3/b8-7+. The Morgan fingerprint density at radius 3 is 1.94 bits per heavy atom. The molecule has 8 heteroatoms. The van der Waals surface area contributed by atoms with Crippen LogP contribution in [-0.4, -0.2) is 37.3 Å². The zero-order valence-electron chi connectivity index (χ0n) is 9.88. The van der Waals surface area contributed by atoms with Gasteiger partial charge in [-0.05, 0) is 6.92 Å². The van der Waals surface area contributed by atoms with E-state index in [2.05, 4.69) is 9.05 Å². The van der Waals surface area contributed by atoms with Crippen molar-refractivity contribution in [1.82, 2.24) is 5.06 Å². The number of Topliss-reactive ketones (excluding diaryl/α,β-unsaturated/α-hetero) is 1. The lowest BCUT2D eigenvalue weighted by Gasteiger charge is -2.19. The lowest BCUT2D eigenvalue weighted by Crippen LogP contribution is -2.20. The Morgan fingerprint density at radius 2 is 1.69 bits per heavy atom. The lowest BCUT2D eigenvalue weighted by atomic mass is 10.3. The number of hydroxylamine groups is 2. The van der Waals surface area contributed by atoms with Crippen LogP contribution in [0.2, 0.25) is 0 Å². The Bertz CT molecular complexity index is 329. The molecule has 0 aromatic rings. The average molecular weight is 253 g/mol. The van der Waals surface area contributed by atoms with E-state index in [1.54, 1.807) is 0 Å². The lowest BCUT2D eigenvalue weighted by molar-refractivity contribution is -0.121. The predicted octanol–water partition coefficient (Wildman–Crippen LogP) is 1.55. The van der Waals surface area contributed by atoms with Crippen molar-refractivity contribution < 1.29 is 28.1 Å². The van der Waals surface area contributed by atoms with Crippen molar-refractivity contribution in [2.45, 2.75) is 13.8 Å². The molecule has 0 heterocycles. The maximum atomic E-state index is 11.6. The van der Waals surface area contributed by atoms with Gasteiger partial charge in [-0.25, -0.2) is 4.57 Å². The minimum absolute atomic E-state index is 0.0514. The van der Waals surface area contributed by atoms with Crippen LogP contribution in [0.25, 0.3) is 0 Å². The summed E-state index contributed by atoms with van der Waals surface area (Å²) in [6.07, 6.45) is 0. The molecule has 1 N–H and O–H groups in total. The number of phosphoric ester groups is 1. The smallest absolute Gasteiger partial charge is 0.406 e. The van der Waals surface area contributed by atoms with E-state index >= 15 is 0 Å². The van der Waals surface area contributed by atoms with Gasteiger partial charge < -0.3 is 4.52 Å². The van der Waals surface area contributed by atoms with Crippen LogP contribution in [0.5, 0.6) is 0 Å². The fourth-order valence-corrected chi connectivity index (χ4v) is 1.78.